The van der Waals surface area contributed by atoms with Gasteiger partial charge in [-0.2, -0.15) is 0 Å². The lowest BCUT2D eigenvalue weighted by atomic mass is 10.1. The smallest absolute Gasteiger partial charge is 0.337 e. The number of para-hydroxylation sites is 1. The number of hydrogen-bond acceptors (Lipinski definition) is 2. The van der Waals surface area contributed by atoms with Crippen molar-refractivity contribution in [3.8, 4) is 0 Å². The van der Waals surface area contributed by atoms with E-state index in [1.54, 1.807) is 0 Å². The Kier molecular flexibility index (Phi) is 3.41. The molecule has 0 saturated carbocycles. The number of hydrogen-bond donors (Lipinski definition) is 2. The van der Waals surface area contributed by atoms with Crippen LogP contribution in [-0.2, 0) is 0 Å². The van der Waals surface area contributed by atoms with Crippen molar-refractivity contribution < 1.29 is 23.1 Å². The van der Waals surface area contributed by atoms with E-state index in [0.717, 1.165) is 12.1 Å². The summed E-state index contributed by atoms with van der Waals surface area (Å²) in [5.41, 5.74) is -1.24. The topological polar surface area (TPSA) is 49.3 Å². The fourth-order valence-corrected chi connectivity index (χ4v) is 1.55. The Morgan fingerprint density at radius 3 is 2.32 bits per heavy atom. The molecular formula is C13H8F3NO2. The Hall–Kier alpha value is -2.50. The number of carbonyl (C=O) groups is 1. The van der Waals surface area contributed by atoms with Gasteiger partial charge in [-0.05, 0) is 24.3 Å². The first-order valence-electron chi connectivity index (χ1n) is 5.23. The van der Waals surface area contributed by atoms with E-state index in [4.69, 9.17) is 5.11 Å². The van der Waals surface area contributed by atoms with Gasteiger partial charge in [0, 0.05) is 0 Å². The summed E-state index contributed by atoms with van der Waals surface area (Å²) in [6.07, 6.45) is 0. The minimum Gasteiger partial charge on any atom is -0.478 e. The summed E-state index contributed by atoms with van der Waals surface area (Å²) in [5, 5.41) is 11.2. The molecule has 0 amide bonds. The van der Waals surface area contributed by atoms with E-state index in [2.05, 4.69) is 5.32 Å². The molecule has 0 saturated heterocycles. The number of rotatable bonds is 3. The maximum absolute atomic E-state index is 13.6. The quantitative estimate of drug-likeness (QED) is 0.894. The first-order valence-corrected chi connectivity index (χ1v) is 5.23. The van der Waals surface area contributed by atoms with Crippen LogP contribution in [0.15, 0.2) is 36.4 Å². The highest BCUT2D eigenvalue weighted by Gasteiger charge is 2.19. The normalized spacial score (nSPS) is 10.3. The maximum Gasteiger partial charge on any atom is 0.337 e. The minimum absolute atomic E-state index is 0.144. The summed E-state index contributed by atoms with van der Waals surface area (Å²) >= 11 is 0. The molecule has 0 radical (unpaired) electrons. The Morgan fingerprint density at radius 1 is 1.00 bits per heavy atom. The van der Waals surface area contributed by atoms with E-state index in [1.807, 2.05) is 0 Å². The zero-order valence-electron chi connectivity index (χ0n) is 9.45. The van der Waals surface area contributed by atoms with E-state index >= 15 is 0 Å². The molecular weight excluding hydrogens is 259 g/mol. The van der Waals surface area contributed by atoms with Crippen molar-refractivity contribution in [2.24, 2.45) is 0 Å². The molecule has 19 heavy (non-hydrogen) atoms. The molecule has 0 aliphatic rings. The van der Waals surface area contributed by atoms with E-state index < -0.39 is 34.7 Å². The number of carboxylic acid groups (broad SMARTS) is 1. The lowest BCUT2D eigenvalue weighted by molar-refractivity contribution is 0.0697. The van der Waals surface area contributed by atoms with Gasteiger partial charge in [0.05, 0.1) is 16.9 Å². The van der Waals surface area contributed by atoms with E-state index in [-0.39, 0.29) is 5.69 Å². The summed E-state index contributed by atoms with van der Waals surface area (Å²) in [5.74, 6) is -4.74. The van der Waals surface area contributed by atoms with E-state index in [9.17, 15) is 18.0 Å². The summed E-state index contributed by atoms with van der Waals surface area (Å²) in [6, 6.07) is 6.89. The van der Waals surface area contributed by atoms with Crippen molar-refractivity contribution in [2.75, 3.05) is 5.32 Å². The summed E-state index contributed by atoms with van der Waals surface area (Å²) in [4.78, 5) is 10.9. The molecule has 2 N–H and O–H groups in total. The van der Waals surface area contributed by atoms with Gasteiger partial charge in [0.2, 0.25) is 0 Å². The molecule has 0 aliphatic carbocycles. The molecule has 0 aromatic heterocycles. The Morgan fingerprint density at radius 2 is 1.68 bits per heavy atom. The minimum atomic E-state index is -1.45. The predicted molar refractivity (Wildman–Crippen MR) is 63.0 cm³/mol. The highest BCUT2D eigenvalue weighted by atomic mass is 19.2. The molecule has 98 valence electrons. The van der Waals surface area contributed by atoms with Crippen LogP contribution in [0.2, 0.25) is 0 Å². The van der Waals surface area contributed by atoms with Crippen molar-refractivity contribution >= 4 is 17.3 Å². The van der Waals surface area contributed by atoms with Crippen LogP contribution in [0.3, 0.4) is 0 Å². The standard InChI is InChI=1S/C13H8F3NO2/c14-8-3-1-2-4-10(8)17-12-7(13(18)19)5-6-9(15)11(12)16/h1-6,17H,(H,18,19). The average Bonchev–Trinajstić information content (AvgIpc) is 2.37. The number of carboxylic acids is 1. The van der Waals surface area contributed by atoms with Gasteiger partial charge in [0.25, 0.3) is 0 Å². The average molecular weight is 267 g/mol. The zero-order valence-corrected chi connectivity index (χ0v) is 9.45. The zero-order chi connectivity index (χ0) is 14.0. The molecule has 0 spiro atoms. The second-order valence-electron chi connectivity index (χ2n) is 3.69. The first-order chi connectivity index (χ1) is 9.00. The van der Waals surface area contributed by atoms with E-state index in [0.29, 0.717) is 6.07 Å². The molecule has 0 atom stereocenters. The van der Waals surface area contributed by atoms with Crippen LogP contribution in [0.4, 0.5) is 24.5 Å². The molecule has 2 aromatic rings. The lowest BCUT2D eigenvalue weighted by Gasteiger charge is -2.11. The fraction of sp³-hybridized carbons (Fsp3) is 0. The van der Waals surface area contributed by atoms with Crippen molar-refractivity contribution in [1.82, 2.24) is 0 Å². The van der Waals surface area contributed by atoms with Gasteiger partial charge in [-0.1, -0.05) is 12.1 Å². The Labute approximate surface area is 106 Å². The van der Waals surface area contributed by atoms with Crippen LogP contribution in [0.5, 0.6) is 0 Å². The molecule has 3 nitrogen and oxygen atoms in total. The van der Waals surface area contributed by atoms with Crippen molar-refractivity contribution in [3.05, 3.63) is 59.4 Å². The van der Waals surface area contributed by atoms with Crippen LogP contribution in [0.1, 0.15) is 10.4 Å². The fourth-order valence-electron chi connectivity index (χ4n) is 1.55. The van der Waals surface area contributed by atoms with Crippen LogP contribution >= 0.6 is 0 Å². The number of nitrogens with one attached hydrogen (secondary N) is 1. The Bertz CT molecular complexity index is 644. The molecule has 2 rings (SSSR count). The number of benzene rings is 2. The molecule has 0 unspecified atom stereocenters. The van der Waals surface area contributed by atoms with Crippen LogP contribution in [0, 0.1) is 17.5 Å². The van der Waals surface area contributed by atoms with Gasteiger partial charge in [0.15, 0.2) is 11.6 Å². The molecule has 0 fully saturated rings. The SMILES string of the molecule is O=C(O)c1ccc(F)c(F)c1Nc1ccccc1F. The third-order valence-corrected chi connectivity index (χ3v) is 2.46. The molecule has 2 aromatic carbocycles. The summed E-state index contributed by atoms with van der Waals surface area (Å²) in [6.45, 7) is 0. The lowest BCUT2D eigenvalue weighted by Crippen LogP contribution is -2.07. The summed E-state index contributed by atoms with van der Waals surface area (Å²) in [7, 11) is 0. The van der Waals surface area contributed by atoms with Gasteiger partial charge in [-0.25, -0.2) is 18.0 Å². The first kappa shape index (κ1) is 12.9. The van der Waals surface area contributed by atoms with Crippen LogP contribution in [-0.4, -0.2) is 11.1 Å². The van der Waals surface area contributed by atoms with Gasteiger partial charge in [-0.15, -0.1) is 0 Å². The second-order valence-corrected chi connectivity index (χ2v) is 3.69. The van der Waals surface area contributed by atoms with E-state index in [1.165, 1.54) is 18.2 Å². The van der Waals surface area contributed by atoms with Crippen LogP contribution in [0.25, 0.3) is 0 Å². The predicted octanol–water partition coefficient (Wildman–Crippen LogP) is 3.55. The van der Waals surface area contributed by atoms with Gasteiger partial charge in [-0.3, -0.25) is 0 Å². The van der Waals surface area contributed by atoms with Crippen molar-refractivity contribution in [3.63, 3.8) is 0 Å². The largest absolute Gasteiger partial charge is 0.478 e. The number of aromatic carboxylic acids is 1. The monoisotopic (exact) mass is 267 g/mol. The highest BCUT2D eigenvalue weighted by molar-refractivity contribution is 5.95. The maximum atomic E-state index is 13.6. The van der Waals surface area contributed by atoms with Crippen molar-refractivity contribution in [2.45, 2.75) is 0 Å². The van der Waals surface area contributed by atoms with Gasteiger partial charge < -0.3 is 10.4 Å². The summed E-state index contributed by atoms with van der Waals surface area (Å²) < 4.78 is 40.2. The molecule has 0 heterocycles. The van der Waals surface area contributed by atoms with Gasteiger partial charge in [0.1, 0.15) is 5.82 Å². The number of halogens is 3. The second kappa shape index (κ2) is 5.01. The molecule has 0 bridgehead atoms. The molecule has 6 heteroatoms. The van der Waals surface area contributed by atoms with Crippen LogP contribution < -0.4 is 5.32 Å². The third-order valence-electron chi connectivity index (χ3n) is 2.46. The number of anilines is 2. The van der Waals surface area contributed by atoms with Crippen molar-refractivity contribution in [1.29, 1.82) is 0 Å². The Balaban J connectivity index is 2.53. The van der Waals surface area contributed by atoms with Gasteiger partial charge >= 0.3 is 5.97 Å². The molecule has 0 aliphatic heterocycles. The highest BCUT2D eigenvalue weighted by Crippen LogP contribution is 2.27. The third kappa shape index (κ3) is 2.52.